The highest BCUT2D eigenvalue weighted by Crippen LogP contribution is 2.35. The monoisotopic (exact) mass is 474 g/mol. The number of benzene rings is 2. The molecule has 1 aliphatic rings. The summed E-state index contributed by atoms with van der Waals surface area (Å²) in [6.45, 7) is 4.86. The number of carbonyl (C=O) groups excluding carboxylic acids is 1. The van der Waals surface area contributed by atoms with Crippen molar-refractivity contribution in [3.63, 3.8) is 0 Å². The van der Waals surface area contributed by atoms with Crippen molar-refractivity contribution >= 4 is 65.6 Å². The second-order valence-electron chi connectivity index (χ2n) is 7.43. The Bertz CT molecular complexity index is 1250. The number of hydrogen-bond donors (Lipinski definition) is 1. The van der Waals surface area contributed by atoms with Crippen LogP contribution in [-0.2, 0) is 0 Å². The minimum atomic E-state index is -0.230. The van der Waals surface area contributed by atoms with Gasteiger partial charge in [0.25, 0.3) is 5.91 Å². The number of thiazole rings is 1. The van der Waals surface area contributed by atoms with E-state index >= 15 is 0 Å². The number of halogens is 2. The summed E-state index contributed by atoms with van der Waals surface area (Å²) < 4.78 is 15.3. The molecule has 1 fully saturated rings. The third kappa shape index (κ3) is 4.25. The first kappa shape index (κ1) is 20.6. The predicted octanol–water partition coefficient (Wildman–Crippen LogP) is 4.86. The van der Waals surface area contributed by atoms with E-state index in [1.807, 2.05) is 24.3 Å². The Kier molecular flexibility index (Phi) is 5.79. The van der Waals surface area contributed by atoms with Crippen molar-refractivity contribution in [3.8, 4) is 0 Å². The quantitative estimate of drug-likeness (QED) is 0.449. The minimum Gasteiger partial charge on any atom is -0.350 e. The van der Waals surface area contributed by atoms with E-state index in [1.54, 1.807) is 6.07 Å². The van der Waals surface area contributed by atoms with E-state index in [9.17, 15) is 9.18 Å². The van der Waals surface area contributed by atoms with Crippen LogP contribution in [0.1, 0.15) is 9.67 Å². The number of nitrogens with zero attached hydrogens (tertiary/aromatic N) is 3. The SMILES string of the molecule is O=C(NCCN1CCN(c2nc3ccc(F)cc3s2)CC1)c1sc2ccccc2c1Cl. The lowest BCUT2D eigenvalue weighted by Gasteiger charge is -2.34. The number of thiophene rings is 1. The molecule has 1 aliphatic heterocycles. The van der Waals surface area contributed by atoms with Gasteiger partial charge in [0.15, 0.2) is 5.13 Å². The fraction of sp³-hybridized carbons (Fsp3) is 0.273. The molecule has 3 heterocycles. The first-order valence-electron chi connectivity index (χ1n) is 10.1. The fourth-order valence-corrected chi connectivity index (χ4v) is 6.23. The number of hydrogen-bond acceptors (Lipinski definition) is 6. The van der Waals surface area contributed by atoms with Crippen LogP contribution in [0.2, 0.25) is 5.02 Å². The average Bonchev–Trinajstić information content (AvgIpc) is 3.35. The van der Waals surface area contributed by atoms with Crippen LogP contribution in [0.5, 0.6) is 0 Å². The Labute approximate surface area is 192 Å². The predicted molar refractivity (Wildman–Crippen MR) is 127 cm³/mol. The summed E-state index contributed by atoms with van der Waals surface area (Å²) in [6.07, 6.45) is 0. The van der Waals surface area contributed by atoms with Crippen LogP contribution in [0.3, 0.4) is 0 Å². The Morgan fingerprint density at radius 3 is 2.71 bits per heavy atom. The summed E-state index contributed by atoms with van der Waals surface area (Å²) >= 11 is 9.35. The summed E-state index contributed by atoms with van der Waals surface area (Å²) in [6, 6.07) is 12.5. The Morgan fingerprint density at radius 2 is 1.90 bits per heavy atom. The lowest BCUT2D eigenvalue weighted by Crippen LogP contribution is -2.48. The van der Waals surface area contributed by atoms with Gasteiger partial charge in [-0.3, -0.25) is 9.69 Å². The molecular formula is C22H20ClFN4OS2. The zero-order valence-corrected chi connectivity index (χ0v) is 19.0. The number of aromatic nitrogens is 1. The summed E-state index contributed by atoms with van der Waals surface area (Å²) in [5.74, 6) is -0.349. The van der Waals surface area contributed by atoms with Crippen molar-refractivity contribution in [1.29, 1.82) is 0 Å². The van der Waals surface area contributed by atoms with Crippen LogP contribution in [0, 0.1) is 5.82 Å². The molecule has 1 N–H and O–H groups in total. The minimum absolute atomic E-state index is 0.119. The smallest absolute Gasteiger partial charge is 0.262 e. The molecule has 5 nitrogen and oxygen atoms in total. The van der Waals surface area contributed by atoms with Gasteiger partial charge in [0, 0.05) is 49.4 Å². The molecule has 0 aliphatic carbocycles. The lowest BCUT2D eigenvalue weighted by molar-refractivity contribution is 0.0952. The highest BCUT2D eigenvalue weighted by molar-refractivity contribution is 7.22. The second-order valence-corrected chi connectivity index (χ2v) is 9.87. The molecule has 0 saturated carbocycles. The lowest BCUT2D eigenvalue weighted by atomic mass is 10.2. The number of carbonyl (C=O) groups is 1. The summed E-state index contributed by atoms with van der Waals surface area (Å²) in [7, 11) is 0. The zero-order valence-electron chi connectivity index (χ0n) is 16.6. The number of amides is 1. The molecule has 5 rings (SSSR count). The Morgan fingerprint density at radius 1 is 1.10 bits per heavy atom. The van der Waals surface area contributed by atoms with Crippen molar-refractivity contribution in [2.45, 2.75) is 0 Å². The largest absolute Gasteiger partial charge is 0.350 e. The second kappa shape index (κ2) is 8.70. The van der Waals surface area contributed by atoms with Crippen molar-refractivity contribution in [1.82, 2.24) is 15.2 Å². The topological polar surface area (TPSA) is 48.5 Å². The molecule has 9 heteroatoms. The van der Waals surface area contributed by atoms with Gasteiger partial charge in [-0.05, 0) is 24.3 Å². The molecular weight excluding hydrogens is 455 g/mol. The third-order valence-electron chi connectivity index (χ3n) is 5.44. The molecule has 0 radical (unpaired) electrons. The standard InChI is InChI=1S/C22H20ClFN4OS2/c23-19-15-3-1-2-4-17(15)30-20(19)21(29)25-7-8-27-9-11-28(12-10-27)22-26-16-6-5-14(24)13-18(16)31-22/h1-6,13H,7-12H2,(H,25,29). The molecule has 160 valence electrons. The number of anilines is 1. The van der Waals surface area contributed by atoms with Crippen LogP contribution in [0.15, 0.2) is 42.5 Å². The first-order chi connectivity index (χ1) is 15.1. The van der Waals surface area contributed by atoms with Crippen LogP contribution in [0.25, 0.3) is 20.3 Å². The highest BCUT2D eigenvalue weighted by Gasteiger charge is 2.21. The van der Waals surface area contributed by atoms with Gasteiger partial charge >= 0.3 is 0 Å². The Balaban J connectivity index is 1.13. The molecule has 0 bridgehead atoms. The van der Waals surface area contributed by atoms with Crippen LogP contribution in [0.4, 0.5) is 9.52 Å². The van der Waals surface area contributed by atoms with Gasteiger partial charge in [-0.25, -0.2) is 9.37 Å². The molecule has 2 aromatic carbocycles. The van der Waals surface area contributed by atoms with Gasteiger partial charge in [-0.15, -0.1) is 11.3 Å². The van der Waals surface area contributed by atoms with E-state index in [2.05, 4.69) is 20.1 Å². The van der Waals surface area contributed by atoms with Crippen LogP contribution >= 0.6 is 34.3 Å². The normalized spacial score (nSPS) is 15.1. The fourth-order valence-electron chi connectivity index (χ4n) is 3.75. The highest BCUT2D eigenvalue weighted by atomic mass is 35.5. The maximum absolute atomic E-state index is 13.4. The Hall–Kier alpha value is -2.26. The van der Waals surface area contributed by atoms with Gasteiger partial charge in [0.05, 0.1) is 15.2 Å². The van der Waals surface area contributed by atoms with Gasteiger partial charge in [-0.1, -0.05) is 41.1 Å². The van der Waals surface area contributed by atoms with E-state index in [0.717, 1.165) is 58.2 Å². The summed E-state index contributed by atoms with van der Waals surface area (Å²) in [5, 5.41) is 5.39. The van der Waals surface area contributed by atoms with E-state index in [4.69, 9.17) is 11.6 Å². The molecule has 1 amide bonds. The van der Waals surface area contributed by atoms with Gasteiger partial charge < -0.3 is 10.2 Å². The van der Waals surface area contributed by atoms with Crippen molar-refractivity contribution in [2.24, 2.45) is 0 Å². The number of rotatable bonds is 5. The third-order valence-corrected chi connectivity index (χ3v) is 8.19. The maximum Gasteiger partial charge on any atom is 0.262 e. The molecule has 0 unspecified atom stereocenters. The van der Waals surface area contributed by atoms with Gasteiger partial charge in [-0.2, -0.15) is 0 Å². The number of piperazine rings is 1. The first-order valence-corrected chi connectivity index (χ1v) is 12.1. The van der Waals surface area contributed by atoms with E-state index in [1.165, 1.54) is 34.8 Å². The van der Waals surface area contributed by atoms with Crippen molar-refractivity contribution in [2.75, 3.05) is 44.2 Å². The molecule has 1 saturated heterocycles. The summed E-state index contributed by atoms with van der Waals surface area (Å²) in [4.78, 5) is 22.4. The van der Waals surface area contributed by atoms with E-state index < -0.39 is 0 Å². The van der Waals surface area contributed by atoms with Gasteiger partial charge in [0.2, 0.25) is 0 Å². The number of fused-ring (bicyclic) bond motifs is 2. The summed E-state index contributed by atoms with van der Waals surface area (Å²) in [5.41, 5.74) is 0.839. The molecule has 4 aromatic rings. The molecule has 0 spiro atoms. The number of nitrogens with one attached hydrogen (secondary N) is 1. The van der Waals surface area contributed by atoms with Crippen LogP contribution in [-0.4, -0.2) is 55.1 Å². The average molecular weight is 475 g/mol. The maximum atomic E-state index is 13.4. The van der Waals surface area contributed by atoms with Crippen molar-refractivity contribution in [3.05, 3.63) is 58.2 Å². The van der Waals surface area contributed by atoms with Crippen molar-refractivity contribution < 1.29 is 9.18 Å². The molecule has 31 heavy (non-hydrogen) atoms. The molecule has 0 atom stereocenters. The molecule has 2 aromatic heterocycles. The van der Waals surface area contributed by atoms with Crippen LogP contribution < -0.4 is 10.2 Å². The van der Waals surface area contributed by atoms with Gasteiger partial charge in [0.1, 0.15) is 10.7 Å². The van der Waals surface area contributed by atoms with E-state index in [-0.39, 0.29) is 11.7 Å². The zero-order chi connectivity index (χ0) is 21.4. The van der Waals surface area contributed by atoms with E-state index in [0.29, 0.717) is 16.4 Å².